The Bertz CT molecular complexity index is 369. The second kappa shape index (κ2) is 8.93. The van der Waals surface area contributed by atoms with Crippen molar-refractivity contribution >= 4 is 5.82 Å². The third-order valence-electron chi connectivity index (χ3n) is 3.74. The molecule has 0 bridgehead atoms. The Morgan fingerprint density at radius 3 is 2.45 bits per heavy atom. The fourth-order valence-corrected chi connectivity index (χ4v) is 2.48. The number of anilines is 1. The van der Waals surface area contributed by atoms with E-state index in [2.05, 4.69) is 37.8 Å². The molecule has 0 amide bonds. The van der Waals surface area contributed by atoms with Gasteiger partial charge in [-0.05, 0) is 37.0 Å². The topological polar surface area (TPSA) is 51.4 Å². The van der Waals surface area contributed by atoms with Crippen molar-refractivity contribution < 1.29 is 4.74 Å². The van der Waals surface area contributed by atoms with Crippen molar-refractivity contribution in [3.05, 3.63) is 23.4 Å². The molecule has 114 valence electrons. The molecule has 1 rings (SSSR count). The number of aromatic nitrogens is 1. The number of nitrogens with zero attached hydrogens (tertiary/aromatic N) is 2. The zero-order valence-electron chi connectivity index (χ0n) is 13.4. The van der Waals surface area contributed by atoms with Gasteiger partial charge in [0.25, 0.3) is 0 Å². The maximum absolute atomic E-state index is 5.81. The van der Waals surface area contributed by atoms with Gasteiger partial charge in [-0.2, -0.15) is 0 Å². The summed E-state index contributed by atoms with van der Waals surface area (Å²) in [6.45, 7) is 8.72. The van der Waals surface area contributed by atoms with E-state index in [-0.39, 0.29) is 0 Å². The van der Waals surface area contributed by atoms with Gasteiger partial charge < -0.3 is 15.4 Å². The van der Waals surface area contributed by atoms with Crippen LogP contribution in [0.2, 0.25) is 0 Å². The normalized spacial score (nSPS) is 11.1. The highest BCUT2D eigenvalue weighted by atomic mass is 16.5. The van der Waals surface area contributed by atoms with E-state index in [4.69, 9.17) is 15.5 Å². The molecule has 1 heterocycles. The largest absolute Gasteiger partial charge is 0.383 e. The van der Waals surface area contributed by atoms with Crippen molar-refractivity contribution in [2.75, 3.05) is 25.2 Å². The van der Waals surface area contributed by atoms with Gasteiger partial charge in [-0.15, -0.1) is 0 Å². The lowest BCUT2D eigenvalue weighted by Crippen LogP contribution is -2.38. The zero-order valence-corrected chi connectivity index (χ0v) is 13.4. The number of hydrogen-bond acceptors (Lipinski definition) is 4. The molecule has 0 spiro atoms. The third-order valence-corrected chi connectivity index (χ3v) is 3.74. The fraction of sp³-hybridized carbons (Fsp3) is 0.688. The lowest BCUT2D eigenvalue weighted by Gasteiger charge is -2.32. The van der Waals surface area contributed by atoms with E-state index in [1.165, 1.54) is 0 Å². The minimum atomic E-state index is 0.496. The van der Waals surface area contributed by atoms with Crippen molar-refractivity contribution in [1.29, 1.82) is 0 Å². The van der Waals surface area contributed by atoms with Gasteiger partial charge in [0.2, 0.25) is 0 Å². The Labute approximate surface area is 123 Å². The Hall–Kier alpha value is -1.13. The number of pyridine rings is 1. The molecule has 0 saturated heterocycles. The first-order chi connectivity index (χ1) is 9.69. The molecule has 0 aliphatic rings. The predicted octanol–water partition coefficient (Wildman–Crippen LogP) is 2.74. The number of nitrogens with two attached hydrogens (primary N) is 1. The lowest BCUT2D eigenvalue weighted by molar-refractivity contribution is 0.202. The smallest absolute Gasteiger partial charge is 0.129 e. The molecule has 0 radical (unpaired) electrons. The second-order valence-corrected chi connectivity index (χ2v) is 5.04. The molecule has 4 heteroatoms. The molecule has 20 heavy (non-hydrogen) atoms. The second-order valence-electron chi connectivity index (χ2n) is 5.04. The van der Waals surface area contributed by atoms with Gasteiger partial charge in [-0.3, -0.25) is 0 Å². The maximum atomic E-state index is 5.81. The summed E-state index contributed by atoms with van der Waals surface area (Å²) in [6.07, 6.45) is 3.15. The van der Waals surface area contributed by atoms with Crippen molar-refractivity contribution in [2.24, 2.45) is 5.73 Å². The minimum absolute atomic E-state index is 0.496. The van der Waals surface area contributed by atoms with Gasteiger partial charge in [0.1, 0.15) is 5.82 Å². The summed E-state index contributed by atoms with van der Waals surface area (Å²) in [7, 11) is 1.74. The van der Waals surface area contributed by atoms with Crippen molar-refractivity contribution in [1.82, 2.24) is 4.98 Å². The van der Waals surface area contributed by atoms with Crippen LogP contribution in [-0.2, 0) is 17.7 Å². The molecule has 1 aromatic heterocycles. The van der Waals surface area contributed by atoms with Crippen LogP contribution in [0.25, 0.3) is 0 Å². The summed E-state index contributed by atoms with van der Waals surface area (Å²) in [5.74, 6) is 1.04. The molecular weight excluding hydrogens is 250 g/mol. The quantitative estimate of drug-likeness (QED) is 0.755. The van der Waals surface area contributed by atoms with Crippen LogP contribution >= 0.6 is 0 Å². The minimum Gasteiger partial charge on any atom is -0.383 e. The van der Waals surface area contributed by atoms with E-state index in [0.29, 0.717) is 19.2 Å². The Morgan fingerprint density at radius 1 is 1.25 bits per heavy atom. The molecular formula is C16H29N3O. The molecule has 2 N–H and O–H groups in total. The number of rotatable bonds is 9. The van der Waals surface area contributed by atoms with E-state index < -0.39 is 0 Å². The molecule has 0 saturated carbocycles. The Kier molecular flexibility index (Phi) is 7.55. The number of ether oxygens (including phenoxy) is 1. The molecule has 4 nitrogen and oxygen atoms in total. The van der Waals surface area contributed by atoms with E-state index in [9.17, 15) is 0 Å². The monoisotopic (exact) mass is 279 g/mol. The van der Waals surface area contributed by atoms with Gasteiger partial charge in [0, 0.05) is 31.9 Å². The van der Waals surface area contributed by atoms with Gasteiger partial charge in [0.05, 0.1) is 6.61 Å². The van der Waals surface area contributed by atoms with Crippen LogP contribution in [-0.4, -0.2) is 31.3 Å². The molecule has 0 aliphatic carbocycles. The van der Waals surface area contributed by atoms with Crippen LogP contribution in [0.5, 0.6) is 0 Å². The van der Waals surface area contributed by atoms with E-state index >= 15 is 0 Å². The number of hydrogen-bond donors (Lipinski definition) is 1. The molecule has 0 aromatic carbocycles. The van der Waals surface area contributed by atoms with Crippen molar-refractivity contribution in [3.63, 3.8) is 0 Å². The summed E-state index contributed by atoms with van der Waals surface area (Å²) < 4.78 is 5.25. The first-order valence-electron chi connectivity index (χ1n) is 7.65. The van der Waals surface area contributed by atoms with E-state index in [1.54, 1.807) is 7.11 Å². The highest BCUT2D eigenvalue weighted by Gasteiger charge is 2.17. The van der Waals surface area contributed by atoms with Crippen LogP contribution in [0.15, 0.2) is 12.1 Å². The lowest BCUT2D eigenvalue weighted by atomic mass is 10.1. The van der Waals surface area contributed by atoms with Crippen molar-refractivity contribution in [3.8, 4) is 0 Å². The van der Waals surface area contributed by atoms with Gasteiger partial charge in [-0.1, -0.05) is 20.8 Å². The summed E-state index contributed by atoms with van der Waals surface area (Å²) >= 11 is 0. The average molecular weight is 279 g/mol. The van der Waals surface area contributed by atoms with Crippen LogP contribution in [0, 0.1) is 0 Å². The van der Waals surface area contributed by atoms with Gasteiger partial charge >= 0.3 is 0 Å². The first-order valence-corrected chi connectivity index (χ1v) is 7.65. The molecule has 0 unspecified atom stereocenters. The van der Waals surface area contributed by atoms with Crippen LogP contribution < -0.4 is 10.6 Å². The molecule has 0 fully saturated rings. The summed E-state index contributed by atoms with van der Waals surface area (Å²) in [4.78, 5) is 7.15. The predicted molar refractivity (Wildman–Crippen MR) is 85.1 cm³/mol. The Morgan fingerprint density at radius 2 is 1.95 bits per heavy atom. The summed E-state index contributed by atoms with van der Waals surface area (Å²) in [6, 6.07) is 4.72. The summed E-state index contributed by atoms with van der Waals surface area (Å²) in [5.41, 5.74) is 8.07. The van der Waals surface area contributed by atoms with Crippen molar-refractivity contribution in [2.45, 2.75) is 52.6 Å². The van der Waals surface area contributed by atoms with Gasteiger partial charge in [0.15, 0.2) is 0 Å². The molecule has 0 atom stereocenters. The van der Waals surface area contributed by atoms with Crippen LogP contribution in [0.4, 0.5) is 5.82 Å². The molecule has 1 aromatic rings. The van der Waals surface area contributed by atoms with Crippen LogP contribution in [0.1, 0.15) is 44.9 Å². The van der Waals surface area contributed by atoms with Gasteiger partial charge in [-0.25, -0.2) is 4.98 Å². The van der Waals surface area contributed by atoms with Crippen LogP contribution in [0.3, 0.4) is 0 Å². The third kappa shape index (κ3) is 4.46. The average Bonchev–Trinajstić information content (AvgIpc) is 2.50. The number of methoxy groups -OCH3 is 1. The summed E-state index contributed by atoms with van der Waals surface area (Å²) in [5, 5.41) is 0. The highest BCUT2D eigenvalue weighted by molar-refractivity contribution is 5.44. The highest BCUT2D eigenvalue weighted by Crippen LogP contribution is 2.21. The zero-order chi connectivity index (χ0) is 15.0. The fourth-order valence-electron chi connectivity index (χ4n) is 2.48. The van der Waals surface area contributed by atoms with E-state index in [1.807, 2.05) is 0 Å². The first kappa shape index (κ1) is 16.9. The molecule has 0 aliphatic heterocycles. The SMILES string of the molecule is CCc1cc(CN)cc(N(CCOC)C(CC)CC)n1. The van der Waals surface area contributed by atoms with E-state index in [0.717, 1.165) is 42.9 Å². The maximum Gasteiger partial charge on any atom is 0.129 e. The standard InChI is InChI=1S/C16H29N3O/c1-5-14-10-13(12-17)11-16(18-14)19(8-9-20-4)15(6-2)7-3/h10-11,15H,5-9,12,17H2,1-4H3. The number of aryl methyl sites for hydroxylation is 1. The Balaban J connectivity index is 3.10.